The number of halogens is 1. The second-order valence-corrected chi connectivity index (χ2v) is 10.5. The Kier molecular flexibility index (Phi) is 8.76. The van der Waals surface area contributed by atoms with Crippen LogP contribution in [0.1, 0.15) is 51.3 Å². The predicted molar refractivity (Wildman–Crippen MR) is 144 cm³/mol. The molecule has 7 heteroatoms. The van der Waals surface area contributed by atoms with Gasteiger partial charge >= 0.3 is 0 Å². The van der Waals surface area contributed by atoms with E-state index in [1.165, 1.54) is 10.4 Å². The van der Waals surface area contributed by atoms with Crippen molar-refractivity contribution in [3.8, 4) is 0 Å². The van der Waals surface area contributed by atoms with E-state index in [2.05, 4.69) is 46.4 Å². The SMILES string of the molecule is CCOCCCN(CC(=O)N1CCc2sccc2C1c1ccccc1C)C(=O)c1ccccc1Br. The van der Waals surface area contributed by atoms with Gasteiger partial charge in [-0.05, 0) is 82.9 Å². The van der Waals surface area contributed by atoms with Crippen LogP contribution in [-0.4, -0.2) is 54.5 Å². The van der Waals surface area contributed by atoms with Gasteiger partial charge < -0.3 is 14.5 Å². The van der Waals surface area contributed by atoms with Crippen LogP contribution in [0.3, 0.4) is 0 Å². The zero-order valence-corrected chi connectivity index (χ0v) is 22.6. The second kappa shape index (κ2) is 12.0. The van der Waals surface area contributed by atoms with Gasteiger partial charge in [-0.1, -0.05) is 36.4 Å². The van der Waals surface area contributed by atoms with Crippen molar-refractivity contribution in [3.05, 3.63) is 91.6 Å². The molecule has 3 aromatic rings. The van der Waals surface area contributed by atoms with Crippen LogP contribution in [0.2, 0.25) is 0 Å². The summed E-state index contributed by atoms with van der Waals surface area (Å²) in [5, 5.41) is 2.11. The Morgan fingerprint density at radius 3 is 2.66 bits per heavy atom. The molecule has 0 saturated carbocycles. The highest BCUT2D eigenvalue weighted by atomic mass is 79.9. The van der Waals surface area contributed by atoms with Crippen molar-refractivity contribution in [1.29, 1.82) is 0 Å². The quantitative estimate of drug-likeness (QED) is 0.311. The van der Waals surface area contributed by atoms with E-state index in [0.29, 0.717) is 38.3 Å². The number of carbonyl (C=O) groups is 2. The number of amides is 2. The van der Waals surface area contributed by atoms with E-state index in [1.807, 2.05) is 42.2 Å². The van der Waals surface area contributed by atoms with Crippen LogP contribution in [0.15, 0.2) is 64.5 Å². The molecule has 1 aliphatic heterocycles. The molecule has 1 aliphatic rings. The number of fused-ring (bicyclic) bond motifs is 1. The van der Waals surface area contributed by atoms with Crippen LogP contribution in [0.25, 0.3) is 0 Å². The number of ether oxygens (including phenoxy) is 1. The molecule has 0 radical (unpaired) electrons. The zero-order valence-electron chi connectivity index (χ0n) is 20.2. The van der Waals surface area contributed by atoms with Crippen molar-refractivity contribution in [3.63, 3.8) is 0 Å². The fourth-order valence-corrected chi connectivity index (χ4v) is 5.99. The van der Waals surface area contributed by atoms with Crippen LogP contribution in [0.4, 0.5) is 0 Å². The maximum absolute atomic E-state index is 13.8. The number of carbonyl (C=O) groups excluding carboxylic acids is 2. The number of rotatable bonds is 9. The summed E-state index contributed by atoms with van der Waals surface area (Å²) in [6.07, 6.45) is 1.51. The van der Waals surface area contributed by atoms with Gasteiger partial charge in [-0.3, -0.25) is 9.59 Å². The molecule has 0 saturated heterocycles. The Labute approximate surface area is 219 Å². The van der Waals surface area contributed by atoms with Crippen molar-refractivity contribution < 1.29 is 14.3 Å². The molecule has 184 valence electrons. The van der Waals surface area contributed by atoms with E-state index in [0.717, 1.165) is 22.0 Å². The summed E-state index contributed by atoms with van der Waals surface area (Å²) in [7, 11) is 0. The summed E-state index contributed by atoms with van der Waals surface area (Å²) < 4.78 is 6.22. The largest absolute Gasteiger partial charge is 0.382 e. The van der Waals surface area contributed by atoms with E-state index in [-0.39, 0.29) is 24.4 Å². The van der Waals surface area contributed by atoms with Gasteiger partial charge in [0, 0.05) is 35.7 Å². The summed E-state index contributed by atoms with van der Waals surface area (Å²) in [6, 6.07) is 17.6. The molecule has 2 amide bonds. The average molecular weight is 556 g/mol. The minimum atomic E-state index is -0.150. The maximum Gasteiger partial charge on any atom is 0.255 e. The van der Waals surface area contributed by atoms with E-state index in [9.17, 15) is 9.59 Å². The Hall–Kier alpha value is -2.48. The van der Waals surface area contributed by atoms with Crippen molar-refractivity contribution in [1.82, 2.24) is 9.80 Å². The molecular formula is C28H31BrN2O3S. The van der Waals surface area contributed by atoms with Crippen LogP contribution in [0, 0.1) is 6.92 Å². The van der Waals surface area contributed by atoms with Gasteiger partial charge in [-0.2, -0.15) is 0 Å². The van der Waals surface area contributed by atoms with Crippen molar-refractivity contribution >= 4 is 39.1 Å². The van der Waals surface area contributed by atoms with Gasteiger partial charge in [-0.15, -0.1) is 11.3 Å². The fraction of sp³-hybridized carbons (Fsp3) is 0.357. The molecule has 1 atom stereocenters. The highest BCUT2D eigenvalue weighted by Crippen LogP contribution is 2.39. The predicted octanol–water partition coefficient (Wildman–Crippen LogP) is 5.86. The highest BCUT2D eigenvalue weighted by molar-refractivity contribution is 9.10. The van der Waals surface area contributed by atoms with Gasteiger partial charge in [0.15, 0.2) is 0 Å². The van der Waals surface area contributed by atoms with Crippen LogP contribution in [0.5, 0.6) is 0 Å². The molecule has 0 fully saturated rings. The lowest BCUT2D eigenvalue weighted by Gasteiger charge is -2.38. The molecule has 0 spiro atoms. The molecule has 2 heterocycles. The molecular weight excluding hydrogens is 524 g/mol. The Bertz CT molecular complexity index is 1180. The van der Waals surface area contributed by atoms with E-state index < -0.39 is 0 Å². The first-order valence-electron chi connectivity index (χ1n) is 12.0. The standard InChI is InChI=1S/C28H31BrN2O3S/c1-3-34-17-8-15-30(28(33)22-11-6-7-12-24(22)29)19-26(32)31-16-13-25-23(14-18-35-25)27(31)21-10-5-4-9-20(21)2/h4-7,9-12,14,18,27H,3,8,13,15-17,19H2,1-2H3. The summed E-state index contributed by atoms with van der Waals surface area (Å²) in [4.78, 5) is 32.3. The van der Waals surface area contributed by atoms with Crippen molar-refractivity contribution in [2.24, 2.45) is 0 Å². The van der Waals surface area contributed by atoms with Crippen LogP contribution >= 0.6 is 27.3 Å². The normalized spacial score (nSPS) is 15.1. The molecule has 0 bridgehead atoms. The Morgan fingerprint density at radius 2 is 1.89 bits per heavy atom. The Balaban J connectivity index is 1.61. The van der Waals surface area contributed by atoms with E-state index in [1.54, 1.807) is 22.3 Å². The highest BCUT2D eigenvalue weighted by Gasteiger charge is 2.34. The summed E-state index contributed by atoms with van der Waals surface area (Å²) >= 11 is 5.25. The van der Waals surface area contributed by atoms with Gasteiger partial charge in [-0.25, -0.2) is 0 Å². The minimum absolute atomic E-state index is 0.0353. The van der Waals surface area contributed by atoms with Gasteiger partial charge in [0.1, 0.15) is 6.54 Å². The number of nitrogens with zero attached hydrogens (tertiary/aromatic N) is 2. The second-order valence-electron chi connectivity index (χ2n) is 8.65. The first-order chi connectivity index (χ1) is 17.0. The Morgan fingerprint density at radius 1 is 1.11 bits per heavy atom. The van der Waals surface area contributed by atoms with Gasteiger partial charge in [0.25, 0.3) is 5.91 Å². The van der Waals surface area contributed by atoms with Gasteiger partial charge in [0.05, 0.1) is 11.6 Å². The lowest BCUT2D eigenvalue weighted by Crippen LogP contribution is -2.47. The van der Waals surface area contributed by atoms with E-state index in [4.69, 9.17) is 4.74 Å². The van der Waals surface area contributed by atoms with Crippen LogP contribution in [-0.2, 0) is 16.0 Å². The molecule has 35 heavy (non-hydrogen) atoms. The molecule has 0 aliphatic carbocycles. The topological polar surface area (TPSA) is 49.9 Å². The molecule has 2 aromatic carbocycles. The molecule has 1 aromatic heterocycles. The zero-order chi connectivity index (χ0) is 24.8. The first kappa shape index (κ1) is 25.6. The summed E-state index contributed by atoms with van der Waals surface area (Å²) in [5.74, 6) is -0.185. The molecule has 1 unspecified atom stereocenters. The number of hydrogen-bond acceptors (Lipinski definition) is 4. The third kappa shape index (κ3) is 5.85. The third-order valence-electron chi connectivity index (χ3n) is 6.41. The van der Waals surface area contributed by atoms with Gasteiger partial charge in [0.2, 0.25) is 5.91 Å². The molecule has 0 N–H and O–H groups in total. The van der Waals surface area contributed by atoms with Crippen molar-refractivity contribution in [2.45, 2.75) is 32.7 Å². The molecule has 5 nitrogen and oxygen atoms in total. The summed E-state index contributed by atoms with van der Waals surface area (Å²) in [6.45, 7) is 6.36. The number of thiophene rings is 1. The third-order valence-corrected chi connectivity index (χ3v) is 8.10. The van der Waals surface area contributed by atoms with Crippen LogP contribution < -0.4 is 0 Å². The number of benzene rings is 2. The maximum atomic E-state index is 13.8. The average Bonchev–Trinajstić information content (AvgIpc) is 3.34. The number of aryl methyl sites for hydroxylation is 1. The minimum Gasteiger partial charge on any atom is -0.382 e. The smallest absolute Gasteiger partial charge is 0.255 e. The number of hydrogen-bond donors (Lipinski definition) is 0. The van der Waals surface area contributed by atoms with E-state index >= 15 is 0 Å². The lowest BCUT2D eigenvalue weighted by molar-refractivity contribution is -0.134. The lowest BCUT2D eigenvalue weighted by atomic mass is 9.90. The fourth-order valence-electron chi connectivity index (χ4n) is 4.63. The van der Waals surface area contributed by atoms with Crippen molar-refractivity contribution in [2.75, 3.05) is 32.8 Å². The molecule has 4 rings (SSSR count). The first-order valence-corrected chi connectivity index (χ1v) is 13.7. The monoisotopic (exact) mass is 554 g/mol. The summed E-state index contributed by atoms with van der Waals surface area (Å²) in [5.41, 5.74) is 4.06.